The highest BCUT2D eigenvalue weighted by Crippen LogP contribution is 2.24. The molecule has 0 saturated carbocycles. The number of methoxy groups -OCH3 is 1. The molecule has 0 aliphatic carbocycles. The number of carbonyl (C=O) groups excluding carboxylic acids is 1. The molecule has 9 heteroatoms. The van der Waals surface area contributed by atoms with Gasteiger partial charge in [0.15, 0.2) is 9.84 Å². The van der Waals surface area contributed by atoms with Gasteiger partial charge in [-0.2, -0.15) is 0 Å². The summed E-state index contributed by atoms with van der Waals surface area (Å²) in [5.74, 6) is -0.855. The third kappa shape index (κ3) is 4.37. The van der Waals surface area contributed by atoms with Crippen LogP contribution in [0.25, 0.3) is 0 Å². The van der Waals surface area contributed by atoms with Crippen LogP contribution < -0.4 is 4.72 Å². The van der Waals surface area contributed by atoms with Crippen molar-refractivity contribution in [3.63, 3.8) is 0 Å². The molecule has 0 atom stereocenters. The molecule has 7 nitrogen and oxygen atoms in total. The van der Waals surface area contributed by atoms with Gasteiger partial charge in [0, 0.05) is 6.26 Å². The topological polar surface area (TPSA) is 107 Å². The predicted octanol–water partition coefficient (Wildman–Crippen LogP) is 1.99. The molecular formula is C16H17NO6S2. The minimum Gasteiger partial charge on any atom is -0.465 e. The fourth-order valence-electron chi connectivity index (χ4n) is 2.04. The van der Waals surface area contributed by atoms with E-state index in [4.69, 9.17) is 0 Å². The molecule has 25 heavy (non-hydrogen) atoms. The van der Waals surface area contributed by atoms with Crippen LogP contribution in [-0.2, 0) is 24.6 Å². The molecule has 0 fully saturated rings. The second-order valence-corrected chi connectivity index (χ2v) is 9.09. The summed E-state index contributed by atoms with van der Waals surface area (Å²) >= 11 is 0. The van der Waals surface area contributed by atoms with Crippen molar-refractivity contribution in [2.45, 2.75) is 16.7 Å². The lowest BCUT2D eigenvalue weighted by atomic mass is 10.2. The van der Waals surface area contributed by atoms with Gasteiger partial charge in [-0.3, -0.25) is 4.72 Å². The van der Waals surface area contributed by atoms with Gasteiger partial charge in [-0.1, -0.05) is 17.7 Å². The van der Waals surface area contributed by atoms with Crippen molar-refractivity contribution in [3.8, 4) is 0 Å². The Morgan fingerprint density at radius 3 is 2.04 bits per heavy atom. The van der Waals surface area contributed by atoms with Crippen molar-refractivity contribution < 1.29 is 26.4 Å². The van der Waals surface area contributed by atoms with Crippen LogP contribution in [0.3, 0.4) is 0 Å². The van der Waals surface area contributed by atoms with E-state index in [2.05, 4.69) is 9.46 Å². The molecule has 0 amide bonds. The molecule has 0 aliphatic heterocycles. The number of sulfone groups is 1. The SMILES string of the molecule is COC(=O)c1cc(S(C)(=O)=O)ccc1NS(=O)(=O)c1ccc(C)cc1. The van der Waals surface area contributed by atoms with Gasteiger partial charge >= 0.3 is 5.97 Å². The van der Waals surface area contributed by atoms with Crippen molar-refractivity contribution in [2.75, 3.05) is 18.1 Å². The summed E-state index contributed by atoms with van der Waals surface area (Å²) in [6.45, 7) is 1.82. The lowest BCUT2D eigenvalue weighted by Crippen LogP contribution is -2.16. The summed E-state index contributed by atoms with van der Waals surface area (Å²) in [5, 5.41) is 0. The number of ether oxygens (including phenoxy) is 1. The van der Waals surface area contributed by atoms with E-state index in [0.717, 1.165) is 25.0 Å². The highest BCUT2D eigenvalue weighted by molar-refractivity contribution is 7.92. The van der Waals surface area contributed by atoms with Crippen LogP contribution in [0.1, 0.15) is 15.9 Å². The average molecular weight is 383 g/mol. The van der Waals surface area contributed by atoms with Crippen molar-refractivity contribution in [3.05, 3.63) is 53.6 Å². The fourth-order valence-corrected chi connectivity index (χ4v) is 3.77. The molecule has 134 valence electrons. The molecule has 2 aromatic carbocycles. The number of aryl methyl sites for hydroxylation is 1. The zero-order valence-electron chi connectivity index (χ0n) is 13.8. The number of hydrogen-bond donors (Lipinski definition) is 1. The Hall–Kier alpha value is -2.39. The number of esters is 1. The Kier molecular flexibility index (Phi) is 5.19. The van der Waals surface area contributed by atoms with Gasteiger partial charge in [0.2, 0.25) is 0 Å². The van der Waals surface area contributed by atoms with Crippen LogP contribution in [0, 0.1) is 6.92 Å². The molecule has 2 rings (SSSR count). The van der Waals surface area contributed by atoms with Gasteiger partial charge in [-0.25, -0.2) is 21.6 Å². The molecule has 0 bridgehead atoms. The number of nitrogens with one attached hydrogen (secondary N) is 1. The number of sulfonamides is 1. The van der Waals surface area contributed by atoms with Gasteiger partial charge in [-0.15, -0.1) is 0 Å². The number of benzene rings is 2. The van der Waals surface area contributed by atoms with Crippen LogP contribution in [0.4, 0.5) is 5.69 Å². The van der Waals surface area contributed by atoms with Crippen LogP contribution in [-0.4, -0.2) is 36.2 Å². The monoisotopic (exact) mass is 383 g/mol. The third-order valence-electron chi connectivity index (χ3n) is 3.40. The Bertz CT molecular complexity index is 1010. The molecule has 0 unspecified atom stereocenters. The van der Waals surface area contributed by atoms with Crippen molar-refractivity contribution in [1.29, 1.82) is 0 Å². The Morgan fingerprint density at radius 2 is 1.52 bits per heavy atom. The van der Waals surface area contributed by atoms with E-state index in [1.54, 1.807) is 12.1 Å². The van der Waals surface area contributed by atoms with Gasteiger partial charge in [0.25, 0.3) is 10.0 Å². The van der Waals surface area contributed by atoms with Crippen molar-refractivity contribution in [1.82, 2.24) is 0 Å². The molecule has 0 aromatic heterocycles. The molecule has 0 radical (unpaired) electrons. The number of rotatable bonds is 5. The van der Waals surface area contributed by atoms with E-state index in [1.807, 2.05) is 6.92 Å². The van der Waals surface area contributed by atoms with Gasteiger partial charge < -0.3 is 4.74 Å². The van der Waals surface area contributed by atoms with E-state index >= 15 is 0 Å². The Balaban J connectivity index is 2.51. The molecule has 2 aromatic rings. The number of carbonyl (C=O) groups is 1. The number of hydrogen-bond acceptors (Lipinski definition) is 6. The second-order valence-electron chi connectivity index (χ2n) is 5.39. The first-order valence-electron chi connectivity index (χ1n) is 7.06. The predicted molar refractivity (Wildman–Crippen MR) is 92.9 cm³/mol. The minimum atomic E-state index is -3.95. The first-order valence-corrected chi connectivity index (χ1v) is 10.4. The standard InChI is InChI=1S/C16H17NO6S2/c1-11-4-6-12(7-5-11)25(21,22)17-15-9-8-13(24(3,19)20)10-14(15)16(18)23-2/h4-10,17H,1-3H3. The van der Waals surface area contributed by atoms with Crippen molar-refractivity contribution in [2.24, 2.45) is 0 Å². The molecule has 0 saturated heterocycles. The van der Waals surface area contributed by atoms with Crippen LogP contribution in [0.5, 0.6) is 0 Å². The summed E-state index contributed by atoms with van der Waals surface area (Å²) in [5.41, 5.74) is 0.632. The Morgan fingerprint density at radius 1 is 0.960 bits per heavy atom. The van der Waals surface area contributed by atoms with E-state index in [9.17, 15) is 21.6 Å². The first-order chi connectivity index (χ1) is 11.5. The second kappa shape index (κ2) is 6.85. The summed E-state index contributed by atoms with van der Waals surface area (Å²) in [7, 11) is -6.40. The van der Waals surface area contributed by atoms with Gasteiger partial charge in [-0.05, 0) is 37.3 Å². The fraction of sp³-hybridized carbons (Fsp3) is 0.188. The minimum absolute atomic E-state index is 0.0149. The average Bonchev–Trinajstić information content (AvgIpc) is 2.53. The Labute approximate surface area is 146 Å². The highest BCUT2D eigenvalue weighted by Gasteiger charge is 2.21. The zero-order chi connectivity index (χ0) is 18.8. The lowest BCUT2D eigenvalue weighted by molar-refractivity contribution is 0.0601. The third-order valence-corrected chi connectivity index (χ3v) is 5.89. The molecular weight excluding hydrogens is 366 g/mol. The van der Waals surface area contributed by atoms with Crippen molar-refractivity contribution >= 4 is 31.5 Å². The maximum Gasteiger partial charge on any atom is 0.340 e. The van der Waals surface area contributed by atoms with E-state index < -0.39 is 25.8 Å². The largest absolute Gasteiger partial charge is 0.465 e. The summed E-state index contributed by atoms with van der Waals surface area (Å²) in [6.07, 6.45) is 0.986. The molecule has 0 spiro atoms. The van der Waals surface area contributed by atoms with Gasteiger partial charge in [0.1, 0.15) is 0 Å². The van der Waals surface area contributed by atoms with Crippen LogP contribution >= 0.6 is 0 Å². The summed E-state index contributed by atoms with van der Waals surface area (Å²) < 4.78 is 55.2. The first kappa shape index (κ1) is 18.9. The molecule has 0 aliphatic rings. The van der Waals surface area contributed by atoms with Crippen LogP contribution in [0.2, 0.25) is 0 Å². The maximum atomic E-state index is 12.5. The summed E-state index contributed by atoms with van der Waals surface area (Å²) in [6, 6.07) is 9.66. The van der Waals surface area contributed by atoms with Gasteiger partial charge in [0.05, 0.1) is 28.2 Å². The van der Waals surface area contributed by atoms with Crippen LogP contribution in [0.15, 0.2) is 52.3 Å². The zero-order valence-corrected chi connectivity index (χ0v) is 15.4. The van der Waals surface area contributed by atoms with E-state index in [-0.39, 0.29) is 21.0 Å². The highest BCUT2D eigenvalue weighted by atomic mass is 32.2. The molecule has 0 heterocycles. The quantitative estimate of drug-likeness (QED) is 0.791. The lowest BCUT2D eigenvalue weighted by Gasteiger charge is -2.13. The smallest absolute Gasteiger partial charge is 0.340 e. The molecule has 1 N–H and O–H groups in total. The van der Waals surface area contributed by atoms with E-state index in [0.29, 0.717) is 0 Å². The summed E-state index contributed by atoms with van der Waals surface area (Å²) in [4.78, 5) is 11.8. The maximum absolute atomic E-state index is 12.5. The normalized spacial score (nSPS) is 11.8. The van der Waals surface area contributed by atoms with E-state index in [1.165, 1.54) is 24.3 Å². The number of anilines is 1.